The van der Waals surface area contributed by atoms with Crippen LogP contribution in [0, 0.1) is 0 Å². The van der Waals surface area contributed by atoms with Gasteiger partial charge in [0.25, 0.3) is 0 Å². The monoisotopic (exact) mass is 484 g/mol. The summed E-state index contributed by atoms with van der Waals surface area (Å²) < 4.78 is 0. The molecule has 4 aromatic carbocycles. The van der Waals surface area contributed by atoms with E-state index in [2.05, 4.69) is 29.6 Å². The van der Waals surface area contributed by atoms with E-state index in [1.54, 1.807) is 11.9 Å². The molecule has 0 bridgehead atoms. The van der Waals surface area contributed by atoms with Crippen LogP contribution < -0.4 is 5.32 Å². The molecular formula is C30H29ClN2O2. The van der Waals surface area contributed by atoms with Gasteiger partial charge in [-0.05, 0) is 39.9 Å². The first-order valence-corrected chi connectivity index (χ1v) is 12.2. The van der Waals surface area contributed by atoms with E-state index in [4.69, 9.17) is 11.6 Å². The number of rotatable bonds is 9. The molecule has 4 nitrogen and oxygen atoms in total. The van der Waals surface area contributed by atoms with Gasteiger partial charge in [-0.25, -0.2) is 0 Å². The summed E-state index contributed by atoms with van der Waals surface area (Å²) in [4.78, 5) is 28.5. The molecule has 5 heteroatoms. The van der Waals surface area contributed by atoms with Crippen LogP contribution in [-0.4, -0.2) is 29.8 Å². The van der Waals surface area contributed by atoms with Crippen LogP contribution >= 0.6 is 11.6 Å². The lowest BCUT2D eigenvalue weighted by Gasteiger charge is -2.31. The van der Waals surface area contributed by atoms with Crippen molar-refractivity contribution in [1.82, 2.24) is 10.2 Å². The molecule has 4 rings (SSSR count). The summed E-state index contributed by atoms with van der Waals surface area (Å²) in [6.45, 7) is 0.263. The highest BCUT2D eigenvalue weighted by Gasteiger charge is 2.30. The minimum Gasteiger partial charge on any atom is -0.357 e. The van der Waals surface area contributed by atoms with Crippen molar-refractivity contribution in [1.29, 1.82) is 0 Å². The second-order valence-corrected chi connectivity index (χ2v) is 8.98. The number of nitrogens with one attached hydrogen (secondary N) is 1. The van der Waals surface area contributed by atoms with E-state index < -0.39 is 6.04 Å². The average Bonchev–Trinajstić information content (AvgIpc) is 2.90. The van der Waals surface area contributed by atoms with E-state index in [9.17, 15) is 9.59 Å². The molecule has 0 unspecified atom stereocenters. The number of aryl methyl sites for hydroxylation is 1. The van der Waals surface area contributed by atoms with Gasteiger partial charge in [0.2, 0.25) is 11.8 Å². The van der Waals surface area contributed by atoms with Crippen LogP contribution in [0.25, 0.3) is 10.8 Å². The molecule has 0 aromatic heterocycles. The Kier molecular flexibility index (Phi) is 8.17. The number of fused-ring (bicyclic) bond motifs is 1. The standard InChI is InChI=1S/C30H29ClN2O2/c1-32-30(35)28(20-22-10-3-2-4-11-22)33(21-25-13-6-8-17-27(25)31)29(34)19-18-24-15-9-14-23-12-5-7-16-26(23)24/h2-17,28H,18-21H2,1H3,(H,32,35)/t28-/m0/s1. The summed E-state index contributed by atoms with van der Waals surface area (Å²) in [7, 11) is 1.61. The summed E-state index contributed by atoms with van der Waals surface area (Å²) in [5, 5.41) is 5.63. The summed E-state index contributed by atoms with van der Waals surface area (Å²) in [5.74, 6) is -0.276. The van der Waals surface area contributed by atoms with E-state index in [0.717, 1.165) is 27.5 Å². The van der Waals surface area contributed by atoms with Gasteiger partial charge in [-0.1, -0.05) is 103 Å². The van der Waals surface area contributed by atoms with Gasteiger partial charge in [-0.15, -0.1) is 0 Å². The van der Waals surface area contributed by atoms with Gasteiger partial charge >= 0.3 is 0 Å². The molecule has 0 radical (unpaired) electrons. The number of benzene rings is 4. The van der Waals surface area contributed by atoms with Gasteiger partial charge in [0.05, 0.1) is 0 Å². The lowest BCUT2D eigenvalue weighted by atomic mass is 9.99. The van der Waals surface area contributed by atoms with Crippen LogP contribution in [0.15, 0.2) is 97.1 Å². The highest BCUT2D eigenvalue weighted by Crippen LogP contribution is 2.23. The molecule has 0 heterocycles. The number of carbonyl (C=O) groups is 2. The maximum Gasteiger partial charge on any atom is 0.242 e. The molecule has 4 aromatic rings. The molecule has 0 saturated heterocycles. The summed E-state index contributed by atoms with van der Waals surface area (Å²) in [5.41, 5.74) is 2.93. The summed E-state index contributed by atoms with van der Waals surface area (Å²) in [6, 6.07) is 30.9. The maximum absolute atomic E-state index is 13.7. The second kappa shape index (κ2) is 11.7. The van der Waals surface area contributed by atoms with Crippen molar-refractivity contribution in [3.63, 3.8) is 0 Å². The van der Waals surface area contributed by atoms with Crippen LogP contribution in [0.1, 0.15) is 23.1 Å². The van der Waals surface area contributed by atoms with Crippen LogP contribution in [0.3, 0.4) is 0 Å². The molecule has 1 N–H and O–H groups in total. The van der Waals surface area contributed by atoms with Gasteiger partial charge in [0, 0.05) is 31.5 Å². The number of nitrogens with zero attached hydrogens (tertiary/aromatic N) is 1. The minimum absolute atomic E-state index is 0.0811. The van der Waals surface area contributed by atoms with E-state index in [1.807, 2.05) is 72.8 Å². The fraction of sp³-hybridized carbons (Fsp3) is 0.200. The van der Waals surface area contributed by atoms with Gasteiger partial charge in [-0.3, -0.25) is 9.59 Å². The average molecular weight is 485 g/mol. The SMILES string of the molecule is CNC(=O)[C@H](Cc1ccccc1)N(Cc1ccccc1Cl)C(=O)CCc1cccc2ccccc12. The highest BCUT2D eigenvalue weighted by molar-refractivity contribution is 6.31. The Balaban J connectivity index is 1.63. The van der Waals surface area contributed by atoms with Crippen molar-refractivity contribution < 1.29 is 9.59 Å². The minimum atomic E-state index is -0.654. The van der Waals surface area contributed by atoms with Crippen molar-refractivity contribution in [2.45, 2.75) is 31.8 Å². The van der Waals surface area contributed by atoms with Crippen molar-refractivity contribution >= 4 is 34.2 Å². The Bertz CT molecular complexity index is 1300. The molecule has 0 aliphatic rings. The quantitative estimate of drug-likeness (QED) is 0.326. The molecule has 178 valence electrons. The molecule has 0 aliphatic heterocycles. The number of hydrogen-bond donors (Lipinski definition) is 1. The van der Waals surface area contributed by atoms with Crippen molar-refractivity contribution in [2.75, 3.05) is 7.05 Å². The Morgan fingerprint density at radius 1 is 0.829 bits per heavy atom. The zero-order valence-electron chi connectivity index (χ0n) is 19.8. The van der Waals surface area contributed by atoms with Gasteiger partial charge < -0.3 is 10.2 Å². The lowest BCUT2D eigenvalue weighted by molar-refractivity contribution is -0.141. The second-order valence-electron chi connectivity index (χ2n) is 8.57. The number of amides is 2. The highest BCUT2D eigenvalue weighted by atomic mass is 35.5. The van der Waals surface area contributed by atoms with E-state index in [1.165, 1.54) is 0 Å². The third-order valence-electron chi connectivity index (χ3n) is 6.30. The first-order valence-electron chi connectivity index (χ1n) is 11.8. The van der Waals surface area contributed by atoms with Gasteiger partial charge in [0.15, 0.2) is 0 Å². The Labute approximate surface area is 211 Å². The molecule has 0 spiro atoms. The Morgan fingerprint density at radius 3 is 2.26 bits per heavy atom. The normalized spacial score (nSPS) is 11.7. The molecule has 1 atom stereocenters. The van der Waals surface area contributed by atoms with Crippen molar-refractivity contribution in [3.8, 4) is 0 Å². The van der Waals surface area contributed by atoms with Crippen LogP contribution in [0.5, 0.6) is 0 Å². The first-order chi connectivity index (χ1) is 17.1. The zero-order valence-corrected chi connectivity index (χ0v) is 20.5. The largest absolute Gasteiger partial charge is 0.357 e. The molecule has 0 aliphatic carbocycles. The number of carbonyl (C=O) groups excluding carboxylic acids is 2. The van der Waals surface area contributed by atoms with E-state index in [0.29, 0.717) is 24.3 Å². The molecular weight excluding hydrogens is 456 g/mol. The first kappa shape index (κ1) is 24.5. The zero-order chi connectivity index (χ0) is 24.6. The third kappa shape index (κ3) is 6.09. The van der Waals surface area contributed by atoms with Crippen molar-refractivity contribution in [3.05, 3.63) is 119 Å². The van der Waals surface area contributed by atoms with E-state index in [-0.39, 0.29) is 18.4 Å². The number of halogens is 1. The molecule has 2 amide bonds. The lowest BCUT2D eigenvalue weighted by Crippen LogP contribution is -2.49. The Morgan fingerprint density at radius 2 is 1.49 bits per heavy atom. The smallest absolute Gasteiger partial charge is 0.242 e. The Hall–Kier alpha value is -3.63. The third-order valence-corrected chi connectivity index (χ3v) is 6.67. The van der Waals surface area contributed by atoms with Crippen LogP contribution in [0.2, 0.25) is 5.02 Å². The fourth-order valence-electron chi connectivity index (χ4n) is 4.43. The predicted molar refractivity (Wildman–Crippen MR) is 142 cm³/mol. The van der Waals surface area contributed by atoms with Gasteiger partial charge in [-0.2, -0.15) is 0 Å². The predicted octanol–water partition coefficient (Wildman–Crippen LogP) is 5.81. The molecule has 35 heavy (non-hydrogen) atoms. The number of likely N-dealkylation sites (N-methyl/N-ethyl adjacent to an activating group) is 1. The van der Waals surface area contributed by atoms with Crippen LogP contribution in [0.4, 0.5) is 0 Å². The van der Waals surface area contributed by atoms with E-state index >= 15 is 0 Å². The maximum atomic E-state index is 13.7. The molecule has 0 fully saturated rings. The molecule has 0 saturated carbocycles. The van der Waals surface area contributed by atoms with Crippen LogP contribution in [-0.2, 0) is 29.0 Å². The summed E-state index contributed by atoms with van der Waals surface area (Å²) in [6.07, 6.45) is 1.30. The fourth-order valence-corrected chi connectivity index (χ4v) is 4.62. The van der Waals surface area contributed by atoms with Crippen molar-refractivity contribution in [2.24, 2.45) is 0 Å². The number of hydrogen-bond acceptors (Lipinski definition) is 2. The van der Waals surface area contributed by atoms with Gasteiger partial charge in [0.1, 0.15) is 6.04 Å². The summed E-state index contributed by atoms with van der Waals surface area (Å²) >= 11 is 6.45. The topological polar surface area (TPSA) is 49.4 Å².